The molecule has 0 amide bonds. The molecule has 1 N–H and O–H groups in total. The zero-order valence-corrected chi connectivity index (χ0v) is 9.68. The maximum Gasteiger partial charge on any atom is 0.127 e. The molecule has 0 heterocycles. The quantitative estimate of drug-likeness (QED) is 0.799. The third kappa shape index (κ3) is 3.61. The Morgan fingerprint density at radius 2 is 2.13 bits per heavy atom. The molecule has 84 valence electrons. The van der Waals surface area contributed by atoms with Crippen LogP contribution in [0.15, 0.2) is 18.2 Å². The van der Waals surface area contributed by atoms with Crippen molar-refractivity contribution in [3.8, 4) is 0 Å². The van der Waals surface area contributed by atoms with E-state index in [2.05, 4.69) is 17.1 Å². The molecule has 0 bridgehead atoms. The average Bonchev–Trinajstić information content (AvgIpc) is 2.23. The van der Waals surface area contributed by atoms with Crippen molar-refractivity contribution in [1.29, 1.82) is 0 Å². The van der Waals surface area contributed by atoms with Crippen molar-refractivity contribution in [3.05, 3.63) is 35.1 Å². The molecule has 1 aromatic rings. The normalized spacial score (nSPS) is 11.0. The van der Waals surface area contributed by atoms with Gasteiger partial charge in [-0.3, -0.25) is 0 Å². The molecule has 0 aliphatic rings. The minimum atomic E-state index is -0.116. The van der Waals surface area contributed by atoms with E-state index >= 15 is 0 Å². The first kappa shape index (κ1) is 12.1. The number of benzene rings is 1. The smallest absolute Gasteiger partial charge is 0.127 e. The number of rotatable bonds is 5. The lowest BCUT2D eigenvalue weighted by Crippen LogP contribution is -2.18. The van der Waals surface area contributed by atoms with Gasteiger partial charge in [-0.05, 0) is 32.3 Å². The zero-order valence-electron chi connectivity index (χ0n) is 9.68. The van der Waals surface area contributed by atoms with Gasteiger partial charge in [0.1, 0.15) is 5.82 Å². The summed E-state index contributed by atoms with van der Waals surface area (Å²) >= 11 is 0. The Morgan fingerprint density at radius 3 is 2.73 bits per heavy atom. The third-order valence-corrected chi connectivity index (χ3v) is 2.47. The summed E-state index contributed by atoms with van der Waals surface area (Å²) in [6.07, 6.45) is 0. The summed E-state index contributed by atoms with van der Waals surface area (Å²) in [6, 6.07) is 5.30. The molecular formula is C12H19FN2. The van der Waals surface area contributed by atoms with Crippen molar-refractivity contribution in [2.45, 2.75) is 20.0 Å². The van der Waals surface area contributed by atoms with Crippen LogP contribution in [0, 0.1) is 5.82 Å². The molecule has 0 saturated heterocycles. The number of hydrogen-bond acceptors (Lipinski definition) is 2. The molecule has 1 rings (SSSR count). The van der Waals surface area contributed by atoms with E-state index in [1.807, 2.05) is 26.2 Å². The Balaban J connectivity index is 2.80. The van der Waals surface area contributed by atoms with Crippen molar-refractivity contribution < 1.29 is 4.39 Å². The van der Waals surface area contributed by atoms with E-state index in [1.54, 1.807) is 6.07 Å². The van der Waals surface area contributed by atoms with Gasteiger partial charge in [-0.15, -0.1) is 0 Å². The van der Waals surface area contributed by atoms with Crippen LogP contribution in [0.4, 0.5) is 4.39 Å². The summed E-state index contributed by atoms with van der Waals surface area (Å²) in [5.41, 5.74) is 1.89. The average molecular weight is 210 g/mol. The van der Waals surface area contributed by atoms with Gasteiger partial charge in [-0.1, -0.05) is 19.1 Å². The predicted molar refractivity (Wildman–Crippen MR) is 61.2 cm³/mol. The van der Waals surface area contributed by atoms with Crippen LogP contribution in [-0.2, 0) is 13.1 Å². The number of halogens is 1. The molecule has 0 fully saturated rings. The van der Waals surface area contributed by atoms with Gasteiger partial charge in [0.15, 0.2) is 0 Å². The highest BCUT2D eigenvalue weighted by molar-refractivity contribution is 5.25. The Morgan fingerprint density at radius 1 is 1.40 bits per heavy atom. The van der Waals surface area contributed by atoms with Gasteiger partial charge < -0.3 is 10.2 Å². The molecule has 0 unspecified atom stereocenters. The van der Waals surface area contributed by atoms with E-state index in [1.165, 1.54) is 0 Å². The van der Waals surface area contributed by atoms with Crippen LogP contribution in [0.1, 0.15) is 18.1 Å². The van der Waals surface area contributed by atoms with Crippen LogP contribution in [0.3, 0.4) is 0 Å². The van der Waals surface area contributed by atoms with Crippen molar-refractivity contribution in [2.75, 3.05) is 20.6 Å². The predicted octanol–water partition coefficient (Wildman–Crippen LogP) is 2.00. The molecule has 15 heavy (non-hydrogen) atoms. The first-order chi connectivity index (χ1) is 7.17. The van der Waals surface area contributed by atoms with Crippen LogP contribution < -0.4 is 5.32 Å². The molecule has 0 spiro atoms. The van der Waals surface area contributed by atoms with Gasteiger partial charge in [0.2, 0.25) is 0 Å². The Hall–Kier alpha value is -0.930. The maximum atomic E-state index is 13.5. The molecule has 0 atom stereocenters. The molecular weight excluding hydrogens is 191 g/mol. The largest absolute Gasteiger partial charge is 0.316 e. The summed E-state index contributed by atoms with van der Waals surface area (Å²) < 4.78 is 13.5. The highest BCUT2D eigenvalue weighted by atomic mass is 19.1. The van der Waals surface area contributed by atoms with Gasteiger partial charge in [0.05, 0.1) is 0 Å². The topological polar surface area (TPSA) is 15.3 Å². The number of nitrogens with one attached hydrogen (secondary N) is 1. The molecule has 1 aromatic carbocycles. The maximum absolute atomic E-state index is 13.5. The monoisotopic (exact) mass is 210 g/mol. The second-order valence-corrected chi connectivity index (χ2v) is 3.79. The van der Waals surface area contributed by atoms with Crippen molar-refractivity contribution in [3.63, 3.8) is 0 Å². The fourth-order valence-corrected chi connectivity index (χ4v) is 1.47. The lowest BCUT2D eigenvalue weighted by molar-refractivity contribution is 0.339. The van der Waals surface area contributed by atoms with Gasteiger partial charge in [-0.2, -0.15) is 0 Å². The SMILES string of the molecule is CCN(C)Cc1cc(CNC)ccc1F. The number of hydrogen-bond donors (Lipinski definition) is 1. The molecule has 0 aromatic heterocycles. The second-order valence-electron chi connectivity index (χ2n) is 3.79. The first-order valence-electron chi connectivity index (χ1n) is 5.27. The van der Waals surface area contributed by atoms with Crippen LogP contribution in [0.5, 0.6) is 0 Å². The summed E-state index contributed by atoms with van der Waals surface area (Å²) in [5, 5.41) is 3.06. The van der Waals surface area contributed by atoms with Gasteiger partial charge in [0, 0.05) is 18.7 Å². The van der Waals surface area contributed by atoms with E-state index in [-0.39, 0.29) is 5.82 Å². The van der Waals surface area contributed by atoms with Crippen molar-refractivity contribution in [1.82, 2.24) is 10.2 Å². The van der Waals surface area contributed by atoms with Crippen LogP contribution >= 0.6 is 0 Å². The lowest BCUT2D eigenvalue weighted by atomic mass is 10.1. The fourth-order valence-electron chi connectivity index (χ4n) is 1.47. The minimum absolute atomic E-state index is 0.116. The van der Waals surface area contributed by atoms with Crippen molar-refractivity contribution >= 4 is 0 Å². The molecule has 3 heteroatoms. The number of nitrogens with zero attached hydrogens (tertiary/aromatic N) is 1. The minimum Gasteiger partial charge on any atom is -0.316 e. The van der Waals surface area contributed by atoms with Gasteiger partial charge in [-0.25, -0.2) is 4.39 Å². The Bertz CT molecular complexity index is 312. The van der Waals surface area contributed by atoms with E-state index in [4.69, 9.17) is 0 Å². The summed E-state index contributed by atoms with van der Waals surface area (Å²) in [4.78, 5) is 2.08. The molecule has 0 aliphatic heterocycles. The van der Waals surface area contributed by atoms with E-state index in [0.29, 0.717) is 6.54 Å². The lowest BCUT2D eigenvalue weighted by Gasteiger charge is -2.15. The summed E-state index contributed by atoms with van der Waals surface area (Å²) in [6.45, 7) is 4.44. The van der Waals surface area contributed by atoms with Crippen LogP contribution in [-0.4, -0.2) is 25.5 Å². The highest BCUT2D eigenvalue weighted by Gasteiger charge is 2.05. The first-order valence-corrected chi connectivity index (χ1v) is 5.27. The Kier molecular flexibility index (Phi) is 4.72. The molecule has 0 radical (unpaired) electrons. The van der Waals surface area contributed by atoms with E-state index in [0.717, 1.165) is 24.2 Å². The summed E-state index contributed by atoms with van der Waals surface area (Å²) in [7, 11) is 3.88. The molecule has 0 saturated carbocycles. The van der Waals surface area contributed by atoms with Crippen molar-refractivity contribution in [2.24, 2.45) is 0 Å². The standard InChI is InChI=1S/C12H19FN2/c1-4-15(3)9-11-7-10(8-14-2)5-6-12(11)13/h5-7,14H,4,8-9H2,1-3H3. The van der Waals surface area contributed by atoms with Crippen LogP contribution in [0.25, 0.3) is 0 Å². The highest BCUT2D eigenvalue weighted by Crippen LogP contribution is 2.12. The Labute approximate surface area is 91.1 Å². The molecule has 0 aliphatic carbocycles. The van der Waals surface area contributed by atoms with Gasteiger partial charge >= 0.3 is 0 Å². The van der Waals surface area contributed by atoms with E-state index < -0.39 is 0 Å². The van der Waals surface area contributed by atoms with Crippen LogP contribution in [0.2, 0.25) is 0 Å². The fraction of sp³-hybridized carbons (Fsp3) is 0.500. The summed E-state index contributed by atoms with van der Waals surface area (Å²) in [5.74, 6) is -0.116. The second kappa shape index (κ2) is 5.83. The third-order valence-electron chi connectivity index (χ3n) is 2.47. The molecule has 2 nitrogen and oxygen atoms in total. The van der Waals surface area contributed by atoms with Gasteiger partial charge in [0.25, 0.3) is 0 Å². The zero-order chi connectivity index (χ0) is 11.3. The van der Waals surface area contributed by atoms with E-state index in [9.17, 15) is 4.39 Å².